The second kappa shape index (κ2) is 6.58. The molecule has 0 aromatic carbocycles. The maximum absolute atomic E-state index is 5.22. The van der Waals surface area contributed by atoms with Crippen LogP contribution in [0.1, 0.15) is 12.8 Å². The first kappa shape index (κ1) is 13.1. The van der Waals surface area contributed by atoms with Crippen molar-refractivity contribution in [3.8, 4) is 11.5 Å². The molecule has 0 aliphatic heterocycles. The quantitative estimate of drug-likeness (QED) is 0.817. The standard InChI is InChI=1S/C11H16N4O2S/c1-3-12-8(5-16-2)4-10-14-11(15-17-10)9-6-18-7-13-9/h6-8,12H,3-5H2,1-2H3. The Morgan fingerprint density at radius 2 is 2.44 bits per heavy atom. The van der Waals surface area contributed by atoms with Crippen LogP contribution in [0.3, 0.4) is 0 Å². The van der Waals surface area contributed by atoms with E-state index >= 15 is 0 Å². The van der Waals surface area contributed by atoms with Gasteiger partial charge in [0.2, 0.25) is 11.7 Å². The molecule has 0 aliphatic carbocycles. The summed E-state index contributed by atoms with van der Waals surface area (Å²) < 4.78 is 10.4. The number of hydrogen-bond donors (Lipinski definition) is 1. The summed E-state index contributed by atoms with van der Waals surface area (Å²) in [5.74, 6) is 1.14. The molecule has 0 radical (unpaired) electrons. The highest BCUT2D eigenvalue weighted by Gasteiger charge is 2.15. The molecule has 0 bridgehead atoms. The molecule has 0 amide bonds. The van der Waals surface area contributed by atoms with Crippen molar-refractivity contribution in [2.45, 2.75) is 19.4 Å². The van der Waals surface area contributed by atoms with Gasteiger partial charge in [0.25, 0.3) is 0 Å². The fraction of sp³-hybridized carbons (Fsp3) is 0.545. The summed E-state index contributed by atoms with van der Waals surface area (Å²) in [6.07, 6.45) is 0.652. The summed E-state index contributed by atoms with van der Waals surface area (Å²) in [5.41, 5.74) is 2.50. The van der Waals surface area contributed by atoms with Gasteiger partial charge in [0.15, 0.2) is 0 Å². The molecular weight excluding hydrogens is 252 g/mol. The second-order valence-corrected chi connectivity index (χ2v) is 4.52. The third-order valence-electron chi connectivity index (χ3n) is 2.41. The Morgan fingerprint density at radius 3 is 3.11 bits per heavy atom. The summed E-state index contributed by atoms with van der Waals surface area (Å²) in [4.78, 5) is 8.47. The molecule has 1 N–H and O–H groups in total. The minimum absolute atomic E-state index is 0.184. The summed E-state index contributed by atoms with van der Waals surface area (Å²) in [6.45, 7) is 3.54. The van der Waals surface area contributed by atoms with E-state index in [4.69, 9.17) is 9.26 Å². The predicted octanol–water partition coefficient (Wildman–Crippen LogP) is 1.36. The van der Waals surface area contributed by atoms with E-state index in [1.54, 1.807) is 12.6 Å². The molecule has 1 atom stereocenters. The Kier molecular flexibility index (Phi) is 4.80. The average molecular weight is 268 g/mol. The van der Waals surface area contributed by atoms with Gasteiger partial charge in [0, 0.05) is 25.0 Å². The van der Waals surface area contributed by atoms with Crippen LogP contribution in [0.15, 0.2) is 15.4 Å². The molecule has 2 heterocycles. The minimum Gasteiger partial charge on any atom is -0.383 e. The van der Waals surface area contributed by atoms with Gasteiger partial charge in [-0.2, -0.15) is 4.98 Å². The van der Waals surface area contributed by atoms with Gasteiger partial charge in [0.05, 0.1) is 12.1 Å². The lowest BCUT2D eigenvalue weighted by atomic mass is 10.2. The summed E-state index contributed by atoms with van der Waals surface area (Å²) >= 11 is 1.51. The first-order chi connectivity index (χ1) is 8.83. The topological polar surface area (TPSA) is 73.1 Å². The van der Waals surface area contributed by atoms with Crippen molar-refractivity contribution < 1.29 is 9.26 Å². The molecule has 0 spiro atoms. The molecule has 0 fully saturated rings. The van der Waals surface area contributed by atoms with E-state index < -0.39 is 0 Å². The van der Waals surface area contributed by atoms with Gasteiger partial charge >= 0.3 is 0 Å². The molecule has 98 valence electrons. The van der Waals surface area contributed by atoms with Crippen LogP contribution in [0.25, 0.3) is 11.5 Å². The van der Waals surface area contributed by atoms with Crippen molar-refractivity contribution in [2.75, 3.05) is 20.3 Å². The maximum Gasteiger partial charge on any atom is 0.228 e. The van der Waals surface area contributed by atoms with Crippen molar-refractivity contribution in [3.05, 3.63) is 16.8 Å². The zero-order chi connectivity index (χ0) is 12.8. The molecule has 18 heavy (non-hydrogen) atoms. The van der Waals surface area contributed by atoms with E-state index in [-0.39, 0.29) is 6.04 Å². The molecule has 2 aromatic rings. The Hall–Kier alpha value is -1.31. The number of methoxy groups -OCH3 is 1. The number of rotatable bonds is 7. The Balaban J connectivity index is 2.01. The van der Waals surface area contributed by atoms with Gasteiger partial charge in [-0.15, -0.1) is 11.3 Å². The Labute approximate surface area is 109 Å². The number of aromatic nitrogens is 3. The summed E-state index contributed by atoms with van der Waals surface area (Å²) in [7, 11) is 1.68. The monoisotopic (exact) mass is 268 g/mol. The first-order valence-electron chi connectivity index (χ1n) is 5.77. The van der Waals surface area contributed by atoms with E-state index in [2.05, 4.69) is 27.4 Å². The van der Waals surface area contributed by atoms with Crippen LogP contribution in [0.4, 0.5) is 0 Å². The third kappa shape index (κ3) is 3.34. The molecule has 2 rings (SSSR count). The smallest absolute Gasteiger partial charge is 0.228 e. The summed E-state index contributed by atoms with van der Waals surface area (Å²) in [5, 5.41) is 9.13. The van der Waals surface area contributed by atoms with Crippen LogP contribution in [0.2, 0.25) is 0 Å². The van der Waals surface area contributed by atoms with Gasteiger partial charge in [-0.25, -0.2) is 4.98 Å². The Morgan fingerprint density at radius 1 is 1.56 bits per heavy atom. The average Bonchev–Trinajstić information content (AvgIpc) is 2.98. The highest BCUT2D eigenvalue weighted by atomic mass is 32.1. The van der Waals surface area contributed by atoms with Gasteiger partial charge in [-0.1, -0.05) is 12.1 Å². The number of ether oxygens (including phenoxy) is 1. The highest BCUT2D eigenvalue weighted by Crippen LogP contribution is 2.15. The summed E-state index contributed by atoms with van der Waals surface area (Å²) in [6, 6.07) is 0.184. The molecule has 1 unspecified atom stereocenters. The lowest BCUT2D eigenvalue weighted by Gasteiger charge is -2.14. The molecule has 0 aliphatic rings. The fourth-order valence-electron chi connectivity index (χ4n) is 1.66. The van der Waals surface area contributed by atoms with Gasteiger partial charge < -0.3 is 14.6 Å². The van der Waals surface area contributed by atoms with Crippen LogP contribution in [0.5, 0.6) is 0 Å². The maximum atomic E-state index is 5.22. The third-order valence-corrected chi connectivity index (χ3v) is 3.00. The van der Waals surface area contributed by atoms with Crippen molar-refractivity contribution in [1.82, 2.24) is 20.4 Å². The SMILES string of the molecule is CCNC(COC)Cc1nc(-c2cscn2)no1. The normalized spacial score (nSPS) is 12.8. The zero-order valence-corrected chi connectivity index (χ0v) is 11.2. The van der Waals surface area contributed by atoms with Gasteiger partial charge in [-0.05, 0) is 6.54 Å². The lowest BCUT2D eigenvalue weighted by molar-refractivity contribution is 0.162. The predicted molar refractivity (Wildman–Crippen MR) is 68.5 cm³/mol. The van der Waals surface area contributed by atoms with Crippen LogP contribution in [-0.2, 0) is 11.2 Å². The van der Waals surface area contributed by atoms with E-state index in [0.717, 1.165) is 12.2 Å². The van der Waals surface area contributed by atoms with Crippen molar-refractivity contribution >= 4 is 11.3 Å². The van der Waals surface area contributed by atoms with Gasteiger partial charge in [0.1, 0.15) is 5.69 Å². The van der Waals surface area contributed by atoms with Crippen molar-refractivity contribution in [2.24, 2.45) is 0 Å². The Bertz CT molecular complexity index is 451. The van der Waals surface area contributed by atoms with Crippen LogP contribution in [0, 0.1) is 0 Å². The second-order valence-electron chi connectivity index (χ2n) is 3.80. The molecular formula is C11H16N4O2S. The number of nitrogens with zero attached hydrogens (tertiary/aromatic N) is 3. The van der Waals surface area contributed by atoms with Crippen LogP contribution in [-0.4, -0.2) is 41.4 Å². The van der Waals surface area contributed by atoms with Crippen molar-refractivity contribution in [1.29, 1.82) is 0 Å². The van der Waals surface area contributed by atoms with Crippen LogP contribution < -0.4 is 5.32 Å². The molecule has 2 aromatic heterocycles. The first-order valence-corrected chi connectivity index (χ1v) is 6.71. The largest absolute Gasteiger partial charge is 0.383 e. The van der Waals surface area contributed by atoms with E-state index in [1.807, 2.05) is 5.38 Å². The molecule has 6 nitrogen and oxygen atoms in total. The van der Waals surface area contributed by atoms with E-state index in [9.17, 15) is 0 Å². The molecule has 0 saturated carbocycles. The van der Waals surface area contributed by atoms with E-state index in [1.165, 1.54) is 11.3 Å². The number of hydrogen-bond acceptors (Lipinski definition) is 7. The number of thiazole rings is 1. The number of nitrogens with one attached hydrogen (secondary N) is 1. The minimum atomic E-state index is 0.184. The number of likely N-dealkylation sites (N-methyl/N-ethyl adjacent to an activating group) is 1. The fourth-order valence-corrected chi connectivity index (χ4v) is 2.19. The molecule has 7 heteroatoms. The van der Waals surface area contributed by atoms with Crippen LogP contribution >= 0.6 is 11.3 Å². The van der Waals surface area contributed by atoms with E-state index in [0.29, 0.717) is 24.7 Å². The zero-order valence-electron chi connectivity index (χ0n) is 10.4. The molecule has 0 saturated heterocycles. The highest BCUT2D eigenvalue weighted by molar-refractivity contribution is 7.07. The van der Waals surface area contributed by atoms with Gasteiger partial charge in [-0.3, -0.25) is 0 Å². The lowest BCUT2D eigenvalue weighted by Crippen LogP contribution is -2.35. The van der Waals surface area contributed by atoms with Crippen molar-refractivity contribution in [3.63, 3.8) is 0 Å².